The fourth-order valence-corrected chi connectivity index (χ4v) is 2.81. The molecule has 2 N–H and O–H groups in total. The second kappa shape index (κ2) is 4.61. The number of amides is 1. The van der Waals surface area contributed by atoms with Gasteiger partial charge >= 0.3 is 0 Å². The molecule has 1 aliphatic heterocycles. The Morgan fingerprint density at radius 1 is 1.50 bits per heavy atom. The van der Waals surface area contributed by atoms with Crippen LogP contribution in [0.5, 0.6) is 0 Å². The Hall–Kier alpha value is -1.55. The Balaban J connectivity index is 2.57. The van der Waals surface area contributed by atoms with Gasteiger partial charge in [0.1, 0.15) is 0 Å². The highest BCUT2D eigenvalue weighted by Crippen LogP contribution is 2.41. The number of fused-ring (bicyclic) bond motifs is 1. The highest BCUT2D eigenvalue weighted by molar-refractivity contribution is 5.99. The molecule has 1 aromatic rings. The van der Waals surface area contributed by atoms with Crippen molar-refractivity contribution in [1.82, 2.24) is 0 Å². The summed E-state index contributed by atoms with van der Waals surface area (Å²) in [6.07, 6.45) is 0.819. The maximum absolute atomic E-state index is 11.9. The molecule has 18 heavy (non-hydrogen) atoms. The van der Waals surface area contributed by atoms with E-state index >= 15 is 0 Å². The molecule has 1 atom stereocenters. The molecule has 1 aromatic carbocycles. The Morgan fingerprint density at radius 3 is 2.72 bits per heavy atom. The number of aryl methyl sites for hydroxylation is 2. The van der Waals surface area contributed by atoms with Gasteiger partial charge in [0.2, 0.25) is 5.91 Å². The zero-order valence-electron chi connectivity index (χ0n) is 11.4. The van der Waals surface area contributed by atoms with Crippen LogP contribution in [0.2, 0.25) is 0 Å². The van der Waals surface area contributed by atoms with Crippen LogP contribution in [0.4, 0.5) is 11.4 Å². The van der Waals surface area contributed by atoms with Crippen LogP contribution in [0.15, 0.2) is 6.07 Å². The average molecular weight is 248 g/mol. The molecular formula is C14H20N2O2. The lowest BCUT2D eigenvalue weighted by Crippen LogP contribution is -2.39. The molecular weight excluding hydrogens is 228 g/mol. The maximum Gasteiger partial charge on any atom is 0.224 e. The van der Waals surface area contributed by atoms with Crippen LogP contribution < -0.4 is 10.6 Å². The molecule has 2 rings (SSSR count). The van der Waals surface area contributed by atoms with E-state index in [0.29, 0.717) is 12.3 Å². The first-order valence-corrected chi connectivity index (χ1v) is 6.14. The summed E-state index contributed by atoms with van der Waals surface area (Å²) in [7, 11) is 1.66. The number of anilines is 2. The topological polar surface area (TPSA) is 55.6 Å². The number of hydrogen-bond acceptors (Lipinski definition) is 3. The van der Waals surface area contributed by atoms with Crippen LogP contribution in [0.1, 0.15) is 23.6 Å². The van der Waals surface area contributed by atoms with E-state index in [4.69, 9.17) is 10.5 Å². The number of methoxy groups -OCH3 is 1. The summed E-state index contributed by atoms with van der Waals surface area (Å²) < 4.78 is 5.21. The van der Waals surface area contributed by atoms with Crippen molar-refractivity contribution in [2.45, 2.75) is 33.2 Å². The molecule has 98 valence electrons. The lowest BCUT2D eigenvalue weighted by atomic mass is 10.00. The SMILES string of the molecule is COCC1Cc2c(C)cc(C)c(N)c2N1C(C)=O. The molecule has 0 fully saturated rings. The van der Waals surface area contributed by atoms with Crippen LogP contribution in [0, 0.1) is 13.8 Å². The highest BCUT2D eigenvalue weighted by atomic mass is 16.5. The monoisotopic (exact) mass is 248 g/mol. The van der Waals surface area contributed by atoms with E-state index in [9.17, 15) is 4.79 Å². The second-order valence-corrected chi connectivity index (χ2v) is 4.95. The largest absolute Gasteiger partial charge is 0.397 e. The fraction of sp³-hybridized carbons (Fsp3) is 0.500. The van der Waals surface area contributed by atoms with Crippen molar-refractivity contribution in [1.29, 1.82) is 0 Å². The van der Waals surface area contributed by atoms with Gasteiger partial charge in [0, 0.05) is 14.0 Å². The number of benzene rings is 1. The van der Waals surface area contributed by atoms with Gasteiger partial charge in [-0.05, 0) is 37.0 Å². The first-order valence-electron chi connectivity index (χ1n) is 6.14. The standard InChI is InChI=1S/C14H20N2O2/c1-8-5-9(2)13(15)14-12(8)6-11(7-18-4)16(14)10(3)17/h5,11H,6-7,15H2,1-4H3. The zero-order valence-corrected chi connectivity index (χ0v) is 11.4. The van der Waals surface area contributed by atoms with Gasteiger partial charge in [-0.2, -0.15) is 0 Å². The molecule has 0 aliphatic carbocycles. The van der Waals surface area contributed by atoms with Crippen molar-refractivity contribution in [3.8, 4) is 0 Å². The number of nitrogens with zero attached hydrogens (tertiary/aromatic N) is 1. The molecule has 0 radical (unpaired) electrons. The Labute approximate surface area is 108 Å². The van der Waals surface area contributed by atoms with Crippen molar-refractivity contribution >= 4 is 17.3 Å². The Morgan fingerprint density at radius 2 is 2.17 bits per heavy atom. The summed E-state index contributed by atoms with van der Waals surface area (Å²) in [5.74, 6) is 0.0208. The van der Waals surface area contributed by atoms with Crippen LogP contribution in [0.3, 0.4) is 0 Å². The van der Waals surface area contributed by atoms with E-state index in [1.165, 1.54) is 11.1 Å². The quantitative estimate of drug-likeness (QED) is 0.812. The van der Waals surface area contributed by atoms with Crippen molar-refractivity contribution in [3.63, 3.8) is 0 Å². The molecule has 0 saturated carbocycles. The van der Waals surface area contributed by atoms with Gasteiger partial charge in [0.05, 0.1) is 24.0 Å². The number of carbonyl (C=O) groups excluding carboxylic acids is 1. The maximum atomic E-state index is 11.9. The molecule has 0 saturated heterocycles. The number of ether oxygens (including phenoxy) is 1. The number of nitrogen functional groups attached to an aromatic ring is 1. The third-order valence-electron chi connectivity index (χ3n) is 3.62. The Kier molecular flexibility index (Phi) is 3.30. The van der Waals surface area contributed by atoms with E-state index in [1.807, 2.05) is 6.92 Å². The van der Waals surface area contributed by atoms with E-state index in [-0.39, 0.29) is 11.9 Å². The van der Waals surface area contributed by atoms with Crippen molar-refractivity contribution < 1.29 is 9.53 Å². The molecule has 0 bridgehead atoms. The molecule has 1 heterocycles. The van der Waals surface area contributed by atoms with Gasteiger partial charge < -0.3 is 15.4 Å². The van der Waals surface area contributed by atoms with Crippen molar-refractivity contribution in [2.75, 3.05) is 24.4 Å². The molecule has 4 heteroatoms. The minimum absolute atomic E-state index is 0.0208. The van der Waals surface area contributed by atoms with Gasteiger partial charge in [-0.3, -0.25) is 4.79 Å². The third-order valence-corrected chi connectivity index (χ3v) is 3.62. The minimum atomic E-state index is 0.0208. The lowest BCUT2D eigenvalue weighted by molar-refractivity contribution is -0.117. The predicted molar refractivity (Wildman–Crippen MR) is 72.9 cm³/mol. The number of carbonyl (C=O) groups is 1. The second-order valence-electron chi connectivity index (χ2n) is 4.95. The van der Waals surface area contributed by atoms with Crippen molar-refractivity contribution in [3.05, 3.63) is 22.8 Å². The average Bonchev–Trinajstić information content (AvgIpc) is 2.66. The lowest BCUT2D eigenvalue weighted by Gasteiger charge is -2.25. The van der Waals surface area contributed by atoms with Crippen LogP contribution in [-0.4, -0.2) is 25.7 Å². The van der Waals surface area contributed by atoms with E-state index in [1.54, 1.807) is 18.9 Å². The summed E-state index contributed by atoms with van der Waals surface area (Å²) >= 11 is 0. The summed E-state index contributed by atoms with van der Waals surface area (Å²) in [5.41, 5.74) is 11.2. The molecule has 0 aromatic heterocycles. The summed E-state index contributed by atoms with van der Waals surface area (Å²) in [6.45, 7) is 6.16. The van der Waals surface area contributed by atoms with E-state index in [0.717, 1.165) is 17.7 Å². The molecule has 1 amide bonds. The Bertz CT molecular complexity index is 497. The predicted octanol–water partition coefficient (Wildman–Crippen LogP) is 1.81. The van der Waals surface area contributed by atoms with E-state index < -0.39 is 0 Å². The minimum Gasteiger partial charge on any atom is -0.397 e. The van der Waals surface area contributed by atoms with Gasteiger partial charge in [0.15, 0.2) is 0 Å². The van der Waals surface area contributed by atoms with E-state index in [2.05, 4.69) is 13.0 Å². The van der Waals surface area contributed by atoms with Crippen molar-refractivity contribution in [2.24, 2.45) is 0 Å². The summed E-state index contributed by atoms with van der Waals surface area (Å²) in [5, 5.41) is 0. The highest BCUT2D eigenvalue weighted by Gasteiger charge is 2.35. The molecule has 1 aliphatic rings. The first-order chi connectivity index (χ1) is 8.47. The van der Waals surface area contributed by atoms with Gasteiger partial charge in [-0.15, -0.1) is 0 Å². The third kappa shape index (κ3) is 1.86. The molecule has 4 nitrogen and oxygen atoms in total. The number of hydrogen-bond donors (Lipinski definition) is 1. The fourth-order valence-electron chi connectivity index (χ4n) is 2.81. The summed E-state index contributed by atoms with van der Waals surface area (Å²) in [4.78, 5) is 13.7. The van der Waals surface area contributed by atoms with Gasteiger partial charge in [-0.1, -0.05) is 6.07 Å². The van der Waals surface area contributed by atoms with Gasteiger partial charge in [-0.25, -0.2) is 0 Å². The smallest absolute Gasteiger partial charge is 0.224 e. The van der Waals surface area contributed by atoms with Gasteiger partial charge in [0.25, 0.3) is 0 Å². The first kappa shape index (κ1) is 12.9. The van der Waals surface area contributed by atoms with Crippen LogP contribution >= 0.6 is 0 Å². The van der Waals surface area contributed by atoms with Crippen LogP contribution in [-0.2, 0) is 16.0 Å². The number of nitrogens with two attached hydrogens (primary N) is 1. The summed E-state index contributed by atoms with van der Waals surface area (Å²) in [6, 6.07) is 2.15. The van der Waals surface area contributed by atoms with Crippen LogP contribution in [0.25, 0.3) is 0 Å². The molecule has 1 unspecified atom stereocenters. The number of rotatable bonds is 2. The molecule has 0 spiro atoms. The zero-order chi connectivity index (χ0) is 13.4. The normalized spacial score (nSPS) is 18.0.